The number of anilines is 1. The van der Waals surface area contributed by atoms with Gasteiger partial charge in [0.05, 0.1) is 24.7 Å². The minimum Gasteiger partial charge on any atom is -0.453 e. The number of hydrogen-bond donors (Lipinski definition) is 4. The maximum Gasteiger partial charge on any atom is 0.407 e. The molecule has 3 atom stereocenters. The van der Waals surface area contributed by atoms with Gasteiger partial charge in [-0.15, -0.1) is 24.0 Å². The lowest BCUT2D eigenvalue weighted by atomic mass is 9.80. The summed E-state index contributed by atoms with van der Waals surface area (Å²) in [5.41, 5.74) is 6.76. The second-order valence-electron chi connectivity index (χ2n) is 10.7. The molecule has 0 spiro atoms. The predicted octanol–water partition coefficient (Wildman–Crippen LogP) is 2.60. The number of fused-ring (bicyclic) bond motifs is 1. The van der Waals surface area contributed by atoms with Crippen LogP contribution >= 0.6 is 24.0 Å². The summed E-state index contributed by atoms with van der Waals surface area (Å²) in [6.07, 6.45) is -0.346. The lowest BCUT2D eigenvalue weighted by Crippen LogP contribution is -2.51. The van der Waals surface area contributed by atoms with Crippen LogP contribution in [-0.2, 0) is 20.7 Å². The van der Waals surface area contributed by atoms with E-state index >= 15 is 0 Å². The number of rotatable bonds is 10. The Labute approximate surface area is 224 Å². The lowest BCUT2D eigenvalue weighted by molar-refractivity contribution is -0.128. The van der Waals surface area contributed by atoms with Crippen molar-refractivity contribution in [2.45, 2.75) is 65.1 Å². The first kappa shape index (κ1) is 32.0. The van der Waals surface area contributed by atoms with Crippen molar-refractivity contribution < 1.29 is 24.2 Å². The van der Waals surface area contributed by atoms with Gasteiger partial charge in [0.2, 0.25) is 11.8 Å². The van der Waals surface area contributed by atoms with Crippen LogP contribution in [0, 0.1) is 10.8 Å². The highest BCUT2D eigenvalue weighted by atomic mass is 35.5. The van der Waals surface area contributed by atoms with Crippen LogP contribution in [-0.4, -0.2) is 67.3 Å². The predicted molar refractivity (Wildman–Crippen MR) is 144 cm³/mol. The van der Waals surface area contributed by atoms with Crippen LogP contribution in [0.25, 0.3) is 0 Å². The summed E-state index contributed by atoms with van der Waals surface area (Å²) >= 11 is 5.83. The molecule has 9 nitrogen and oxygen atoms in total. The molecule has 2 rings (SSSR count). The number of halogens is 2. The second-order valence-corrected chi connectivity index (χ2v) is 10.9. The van der Waals surface area contributed by atoms with E-state index in [-0.39, 0.29) is 49.1 Å². The number of benzene rings is 1. The van der Waals surface area contributed by atoms with Gasteiger partial charge in [0.25, 0.3) is 0 Å². The lowest BCUT2D eigenvalue weighted by Gasteiger charge is -2.37. The van der Waals surface area contributed by atoms with Gasteiger partial charge in [-0.05, 0) is 43.7 Å². The van der Waals surface area contributed by atoms with Gasteiger partial charge in [-0.25, -0.2) is 4.79 Å². The van der Waals surface area contributed by atoms with E-state index in [2.05, 4.69) is 10.6 Å². The molecule has 204 valence electrons. The number of nitrogens with zero attached hydrogens (tertiary/aromatic N) is 1. The molecule has 0 fully saturated rings. The van der Waals surface area contributed by atoms with Gasteiger partial charge >= 0.3 is 6.09 Å². The van der Waals surface area contributed by atoms with Crippen LogP contribution < -0.4 is 21.3 Å². The van der Waals surface area contributed by atoms with E-state index in [0.29, 0.717) is 19.4 Å². The number of ether oxygens (including phenoxy) is 1. The molecule has 1 aliphatic rings. The number of nitrogens with two attached hydrogens (primary N) is 1. The van der Waals surface area contributed by atoms with Gasteiger partial charge in [-0.1, -0.05) is 32.0 Å². The van der Waals surface area contributed by atoms with Crippen LogP contribution in [0.2, 0.25) is 0 Å². The Bertz CT molecular complexity index is 912. The zero-order chi connectivity index (χ0) is 26.4. The molecule has 0 aliphatic carbocycles. The number of alkyl carbamates (subject to hydrolysis) is 1. The van der Waals surface area contributed by atoms with Crippen molar-refractivity contribution >= 4 is 47.6 Å². The number of aliphatic hydroxyl groups is 1. The summed E-state index contributed by atoms with van der Waals surface area (Å²) < 4.78 is 4.72. The van der Waals surface area contributed by atoms with Crippen LogP contribution in [0.5, 0.6) is 0 Å². The van der Waals surface area contributed by atoms with Gasteiger partial charge in [-0.2, -0.15) is 0 Å². The molecular weight excluding hydrogens is 507 g/mol. The smallest absolute Gasteiger partial charge is 0.407 e. The number of amides is 3. The Morgan fingerprint density at radius 1 is 1.25 bits per heavy atom. The minimum absolute atomic E-state index is 0. The van der Waals surface area contributed by atoms with Crippen molar-refractivity contribution in [2.24, 2.45) is 16.6 Å². The van der Waals surface area contributed by atoms with Gasteiger partial charge in [0, 0.05) is 37.1 Å². The summed E-state index contributed by atoms with van der Waals surface area (Å²) in [6.45, 7) is 7.63. The molecule has 1 heterocycles. The Morgan fingerprint density at radius 2 is 1.89 bits per heavy atom. The van der Waals surface area contributed by atoms with Crippen molar-refractivity contribution in [3.8, 4) is 0 Å². The number of para-hydroxylation sites is 1. The Hall–Kier alpha value is -2.07. The van der Waals surface area contributed by atoms with E-state index in [1.54, 1.807) is 18.7 Å². The molecule has 3 amide bonds. The molecule has 0 bridgehead atoms. The van der Waals surface area contributed by atoms with E-state index in [1.165, 1.54) is 7.11 Å². The maximum atomic E-state index is 13.4. The summed E-state index contributed by atoms with van der Waals surface area (Å²) in [6, 6.07) is 6.71. The molecule has 0 radical (unpaired) electrons. The van der Waals surface area contributed by atoms with Crippen LogP contribution in [0.4, 0.5) is 10.5 Å². The summed E-state index contributed by atoms with van der Waals surface area (Å²) in [4.78, 5) is 39.0. The van der Waals surface area contributed by atoms with Crippen molar-refractivity contribution in [1.29, 1.82) is 0 Å². The topological polar surface area (TPSA) is 134 Å². The molecular formula is C25H40Cl2N4O5. The third-order valence-corrected chi connectivity index (χ3v) is 6.96. The largest absolute Gasteiger partial charge is 0.453 e. The number of carbonyl (C=O) groups excluding carboxylic acids is 3. The normalized spacial score (nSPS) is 17.2. The van der Waals surface area contributed by atoms with Gasteiger partial charge in [0.1, 0.15) is 0 Å². The standard InChI is InChI=1S/C25H39ClN4O5.ClH/c1-24(2,11-18(27)20(31)13-28-22(33)25(3,4)15-26)12-21(32)30-14-17(29-23(34)35-5)10-16-8-6-7-9-19(16)30;/h6-9,17-18,20,31H,10-15,27H2,1-5H3,(H,28,33)(H,29,34);1H/t17?,18-,20-;/m0./s1. The number of aliphatic hydroxyl groups excluding tert-OH is 1. The Morgan fingerprint density at radius 3 is 2.50 bits per heavy atom. The van der Waals surface area contributed by atoms with Crippen molar-refractivity contribution in [3.63, 3.8) is 0 Å². The fraction of sp³-hybridized carbons (Fsp3) is 0.640. The number of alkyl halides is 1. The van der Waals surface area contributed by atoms with Gasteiger partial charge < -0.3 is 31.1 Å². The first-order valence-electron chi connectivity index (χ1n) is 11.8. The summed E-state index contributed by atoms with van der Waals surface area (Å²) in [5, 5.41) is 16.0. The molecule has 11 heteroatoms. The number of methoxy groups -OCH3 is 1. The van der Waals surface area contributed by atoms with Gasteiger partial charge in [0.15, 0.2) is 0 Å². The summed E-state index contributed by atoms with van der Waals surface area (Å²) in [5.74, 6) is -0.198. The third-order valence-electron chi connectivity index (χ3n) is 6.29. The van der Waals surface area contributed by atoms with E-state index in [0.717, 1.165) is 11.3 Å². The average Bonchev–Trinajstić information content (AvgIpc) is 2.80. The van der Waals surface area contributed by atoms with Crippen LogP contribution in [0.3, 0.4) is 0 Å². The molecule has 1 aliphatic heterocycles. The van der Waals surface area contributed by atoms with E-state index < -0.39 is 29.1 Å². The van der Waals surface area contributed by atoms with E-state index in [9.17, 15) is 19.5 Å². The highest BCUT2D eigenvalue weighted by Crippen LogP contribution is 2.32. The molecule has 0 saturated carbocycles. The molecule has 36 heavy (non-hydrogen) atoms. The fourth-order valence-electron chi connectivity index (χ4n) is 4.15. The molecule has 1 unspecified atom stereocenters. The van der Waals surface area contributed by atoms with Crippen molar-refractivity contribution in [2.75, 3.05) is 31.0 Å². The molecule has 0 saturated heterocycles. The quantitative estimate of drug-likeness (QED) is 0.333. The Balaban J connectivity index is 0.00000648. The number of carbonyl (C=O) groups is 3. The van der Waals surface area contributed by atoms with E-state index in [4.69, 9.17) is 22.1 Å². The minimum atomic E-state index is -0.969. The number of nitrogens with one attached hydrogen (secondary N) is 2. The zero-order valence-electron chi connectivity index (χ0n) is 21.7. The fourth-order valence-corrected chi connectivity index (χ4v) is 4.27. The second kappa shape index (κ2) is 13.5. The monoisotopic (exact) mass is 546 g/mol. The van der Waals surface area contributed by atoms with Gasteiger partial charge in [-0.3, -0.25) is 9.59 Å². The summed E-state index contributed by atoms with van der Waals surface area (Å²) in [7, 11) is 1.30. The molecule has 1 aromatic carbocycles. The maximum absolute atomic E-state index is 13.4. The van der Waals surface area contributed by atoms with Crippen LogP contribution in [0.15, 0.2) is 24.3 Å². The average molecular weight is 548 g/mol. The molecule has 5 N–H and O–H groups in total. The molecule has 0 aromatic heterocycles. The van der Waals surface area contributed by atoms with Crippen molar-refractivity contribution in [3.05, 3.63) is 29.8 Å². The molecule has 1 aromatic rings. The highest BCUT2D eigenvalue weighted by Gasteiger charge is 2.34. The zero-order valence-corrected chi connectivity index (χ0v) is 23.2. The Kier molecular flexibility index (Phi) is 12.0. The highest BCUT2D eigenvalue weighted by molar-refractivity contribution is 6.19. The number of hydrogen-bond acceptors (Lipinski definition) is 6. The van der Waals surface area contributed by atoms with Crippen LogP contribution in [0.1, 0.15) is 46.1 Å². The first-order valence-corrected chi connectivity index (χ1v) is 12.3. The van der Waals surface area contributed by atoms with E-state index in [1.807, 2.05) is 38.1 Å². The SMILES string of the molecule is COC(=O)NC1Cc2ccccc2N(C(=O)CC(C)(C)C[C@H](N)[C@@H](O)CNC(=O)C(C)(C)CCl)C1.Cl. The van der Waals surface area contributed by atoms with Crippen molar-refractivity contribution in [1.82, 2.24) is 10.6 Å². The first-order chi connectivity index (χ1) is 16.3. The third kappa shape index (κ3) is 8.80.